The highest BCUT2D eigenvalue weighted by Crippen LogP contribution is 2.25. The number of amides is 1. The molecule has 4 nitrogen and oxygen atoms in total. The molecule has 0 fully saturated rings. The number of carbonyl (C=O) groups excluding carboxylic acids is 1. The van der Waals surface area contributed by atoms with Crippen molar-refractivity contribution in [3.63, 3.8) is 0 Å². The molecule has 18 heavy (non-hydrogen) atoms. The van der Waals surface area contributed by atoms with E-state index in [-0.39, 0.29) is 18.8 Å². The summed E-state index contributed by atoms with van der Waals surface area (Å²) in [4.78, 5) is 11.1. The average molecular weight is 262 g/mol. The molecule has 0 saturated heterocycles. The first-order valence-corrected chi connectivity index (χ1v) is 5.21. The Balaban J connectivity index is 2.68. The monoisotopic (exact) mass is 262 g/mol. The van der Waals surface area contributed by atoms with Gasteiger partial charge in [-0.1, -0.05) is 12.1 Å². The predicted molar refractivity (Wildman–Crippen MR) is 60.3 cm³/mol. The van der Waals surface area contributed by atoms with Crippen molar-refractivity contribution in [2.24, 2.45) is 5.73 Å². The van der Waals surface area contributed by atoms with Crippen LogP contribution in [0.5, 0.6) is 5.75 Å². The van der Waals surface area contributed by atoms with Crippen molar-refractivity contribution in [3.05, 3.63) is 24.3 Å². The number of hydrogen-bond donors (Lipinski definition) is 2. The van der Waals surface area contributed by atoms with Crippen LogP contribution in [0.1, 0.15) is 6.42 Å². The van der Waals surface area contributed by atoms with Gasteiger partial charge in [0.05, 0.1) is 5.69 Å². The third-order valence-electron chi connectivity index (χ3n) is 1.90. The predicted octanol–water partition coefficient (Wildman–Crippen LogP) is 1.91. The maximum Gasteiger partial charge on any atom is 0.397 e. The van der Waals surface area contributed by atoms with Crippen molar-refractivity contribution in [3.8, 4) is 5.75 Å². The zero-order valence-corrected chi connectivity index (χ0v) is 9.46. The second kappa shape index (κ2) is 6.25. The molecule has 0 heterocycles. The van der Waals surface area contributed by atoms with Crippen LogP contribution in [0, 0.1) is 0 Å². The first-order chi connectivity index (χ1) is 8.42. The molecule has 3 N–H and O–H groups in total. The zero-order chi connectivity index (χ0) is 13.6. The molecule has 1 aromatic rings. The molecule has 0 aliphatic carbocycles. The Bertz CT molecular complexity index is 408. The quantitative estimate of drug-likeness (QED) is 0.852. The molecule has 0 bridgehead atoms. The van der Waals surface area contributed by atoms with Crippen molar-refractivity contribution in [2.75, 3.05) is 18.5 Å². The summed E-state index contributed by atoms with van der Waals surface area (Å²) in [7, 11) is 0. The van der Waals surface area contributed by atoms with Crippen LogP contribution in [0.3, 0.4) is 0 Å². The SMILES string of the molecule is NCCOc1ccccc1NC(=O)CC(F)(F)F. The van der Waals surface area contributed by atoms with Crippen molar-refractivity contribution in [2.45, 2.75) is 12.6 Å². The highest BCUT2D eigenvalue weighted by molar-refractivity contribution is 5.92. The van der Waals surface area contributed by atoms with Gasteiger partial charge in [0.15, 0.2) is 0 Å². The molecule has 0 radical (unpaired) electrons. The number of benzene rings is 1. The molecule has 1 aromatic carbocycles. The summed E-state index contributed by atoms with van der Waals surface area (Å²) in [6.45, 7) is 0.483. The van der Waals surface area contributed by atoms with Gasteiger partial charge in [0.2, 0.25) is 5.91 Å². The van der Waals surface area contributed by atoms with E-state index in [9.17, 15) is 18.0 Å². The molecule has 1 rings (SSSR count). The van der Waals surface area contributed by atoms with Crippen molar-refractivity contribution < 1.29 is 22.7 Å². The van der Waals surface area contributed by atoms with E-state index in [1.54, 1.807) is 18.2 Å². The minimum absolute atomic E-state index is 0.195. The third kappa shape index (κ3) is 5.05. The molecule has 0 spiro atoms. The minimum Gasteiger partial charge on any atom is -0.490 e. The summed E-state index contributed by atoms with van der Waals surface area (Å²) in [5.41, 5.74) is 5.44. The van der Waals surface area contributed by atoms with Crippen molar-refractivity contribution >= 4 is 11.6 Å². The van der Waals surface area contributed by atoms with Gasteiger partial charge in [0, 0.05) is 6.54 Å². The van der Waals surface area contributed by atoms with Gasteiger partial charge in [-0.05, 0) is 12.1 Å². The van der Waals surface area contributed by atoms with Gasteiger partial charge in [0.25, 0.3) is 0 Å². The molecular weight excluding hydrogens is 249 g/mol. The standard InChI is InChI=1S/C11H13F3N2O2/c12-11(13,14)7-10(17)16-8-3-1-2-4-9(8)18-6-5-15/h1-4H,5-7,15H2,(H,16,17). The highest BCUT2D eigenvalue weighted by Gasteiger charge is 2.31. The number of anilines is 1. The van der Waals surface area contributed by atoms with Gasteiger partial charge in [-0.3, -0.25) is 4.79 Å². The Hall–Kier alpha value is -1.76. The lowest BCUT2D eigenvalue weighted by atomic mass is 10.2. The molecule has 0 saturated carbocycles. The molecule has 1 amide bonds. The molecule has 0 atom stereocenters. The van der Waals surface area contributed by atoms with Gasteiger partial charge >= 0.3 is 6.18 Å². The number of carbonyl (C=O) groups is 1. The van der Waals surface area contributed by atoms with E-state index in [4.69, 9.17) is 10.5 Å². The summed E-state index contributed by atoms with van der Waals surface area (Å²) in [6, 6.07) is 6.22. The number of halogens is 3. The first-order valence-electron chi connectivity index (χ1n) is 5.21. The van der Waals surface area contributed by atoms with E-state index < -0.39 is 18.5 Å². The third-order valence-corrected chi connectivity index (χ3v) is 1.90. The van der Waals surface area contributed by atoms with Crippen molar-refractivity contribution in [1.29, 1.82) is 0 Å². The van der Waals surface area contributed by atoms with Crippen LogP contribution in [-0.4, -0.2) is 25.2 Å². The lowest BCUT2D eigenvalue weighted by Gasteiger charge is -2.12. The number of rotatable bonds is 5. The molecule has 7 heteroatoms. The Morgan fingerprint density at radius 1 is 1.33 bits per heavy atom. The van der Waals surface area contributed by atoms with Crippen LogP contribution in [-0.2, 0) is 4.79 Å². The summed E-state index contributed by atoms with van der Waals surface area (Å²) in [6.07, 6.45) is -6.06. The number of alkyl halides is 3. The lowest BCUT2D eigenvalue weighted by Crippen LogP contribution is -2.21. The van der Waals surface area contributed by atoms with Crippen LogP contribution < -0.4 is 15.8 Å². The van der Waals surface area contributed by atoms with Gasteiger partial charge in [-0.15, -0.1) is 0 Å². The fourth-order valence-corrected chi connectivity index (χ4v) is 1.24. The van der Waals surface area contributed by atoms with Crippen LogP contribution in [0.4, 0.5) is 18.9 Å². The van der Waals surface area contributed by atoms with Gasteiger partial charge < -0.3 is 15.8 Å². The van der Waals surface area contributed by atoms with E-state index in [1.807, 2.05) is 0 Å². The summed E-state index contributed by atoms with van der Waals surface area (Å²) in [5.74, 6) is -0.843. The summed E-state index contributed by atoms with van der Waals surface area (Å²) in [5, 5.41) is 2.15. The van der Waals surface area contributed by atoms with Gasteiger partial charge in [-0.25, -0.2) is 0 Å². The van der Waals surface area contributed by atoms with Gasteiger partial charge in [-0.2, -0.15) is 13.2 Å². The van der Waals surface area contributed by atoms with Crippen LogP contribution in [0.15, 0.2) is 24.3 Å². The van der Waals surface area contributed by atoms with E-state index in [2.05, 4.69) is 5.32 Å². The van der Waals surface area contributed by atoms with E-state index in [0.29, 0.717) is 5.75 Å². The Labute approximate surface area is 102 Å². The Kier molecular flexibility index (Phi) is 4.96. The number of ether oxygens (including phenoxy) is 1. The van der Waals surface area contributed by atoms with Crippen molar-refractivity contribution in [1.82, 2.24) is 0 Å². The maximum atomic E-state index is 12.0. The number of hydrogen-bond acceptors (Lipinski definition) is 3. The van der Waals surface area contributed by atoms with Gasteiger partial charge in [0.1, 0.15) is 18.8 Å². The van der Waals surface area contributed by atoms with Crippen LogP contribution in [0.25, 0.3) is 0 Å². The molecule has 100 valence electrons. The highest BCUT2D eigenvalue weighted by atomic mass is 19.4. The fraction of sp³-hybridized carbons (Fsp3) is 0.364. The summed E-state index contributed by atoms with van der Waals surface area (Å²) >= 11 is 0. The molecular formula is C11H13F3N2O2. The van der Waals surface area contributed by atoms with Crippen LogP contribution >= 0.6 is 0 Å². The average Bonchev–Trinajstić information content (AvgIpc) is 2.25. The normalized spacial score (nSPS) is 11.1. The van der Waals surface area contributed by atoms with Crippen LogP contribution in [0.2, 0.25) is 0 Å². The van der Waals surface area contributed by atoms with E-state index in [0.717, 1.165) is 0 Å². The molecule has 0 aliphatic rings. The minimum atomic E-state index is -4.53. The smallest absolute Gasteiger partial charge is 0.397 e. The van der Waals surface area contributed by atoms with E-state index in [1.165, 1.54) is 6.07 Å². The topological polar surface area (TPSA) is 64.3 Å². The fourth-order valence-electron chi connectivity index (χ4n) is 1.24. The Morgan fingerprint density at radius 3 is 2.61 bits per heavy atom. The second-order valence-corrected chi connectivity index (χ2v) is 3.47. The first kappa shape index (κ1) is 14.3. The number of nitrogens with two attached hydrogens (primary N) is 1. The number of para-hydroxylation sites is 2. The zero-order valence-electron chi connectivity index (χ0n) is 9.46. The second-order valence-electron chi connectivity index (χ2n) is 3.47. The maximum absolute atomic E-state index is 12.0. The largest absolute Gasteiger partial charge is 0.490 e. The van der Waals surface area contributed by atoms with E-state index >= 15 is 0 Å². The Morgan fingerprint density at radius 2 is 2.00 bits per heavy atom. The molecule has 0 unspecified atom stereocenters. The molecule has 0 aromatic heterocycles. The summed E-state index contributed by atoms with van der Waals surface area (Å²) < 4.78 is 41.2. The lowest BCUT2D eigenvalue weighted by molar-refractivity contribution is -0.150. The number of nitrogens with one attached hydrogen (secondary N) is 1. The molecule has 0 aliphatic heterocycles.